The molecule has 0 unspecified atom stereocenters. The third-order valence-electron chi connectivity index (χ3n) is 2.61. The highest BCUT2D eigenvalue weighted by Crippen LogP contribution is 2.29. The van der Waals surface area contributed by atoms with Gasteiger partial charge in [0.15, 0.2) is 0 Å². The molecule has 0 spiro atoms. The van der Waals surface area contributed by atoms with Gasteiger partial charge in [0.2, 0.25) is 5.90 Å². The number of esters is 1. The smallest absolute Gasteiger partial charge is 0.345 e. The summed E-state index contributed by atoms with van der Waals surface area (Å²) in [5.74, 6) is 1.51. The van der Waals surface area contributed by atoms with Gasteiger partial charge in [0.05, 0.1) is 24.3 Å². The molecular weight excluding hydrogens is 250 g/mol. The lowest BCUT2D eigenvalue weighted by molar-refractivity contribution is 0.0736. The minimum Gasteiger partial charge on any atom is -0.496 e. The maximum atomic E-state index is 11.7. The molecule has 0 aromatic heterocycles. The van der Waals surface area contributed by atoms with Crippen molar-refractivity contribution in [3.8, 4) is 5.75 Å². The van der Waals surface area contributed by atoms with Gasteiger partial charge in [-0.1, -0.05) is 6.07 Å². The molecule has 0 fully saturated rings. The summed E-state index contributed by atoms with van der Waals surface area (Å²) in [4.78, 5) is 16.2. The third-order valence-corrected chi connectivity index (χ3v) is 3.43. The van der Waals surface area contributed by atoms with Gasteiger partial charge >= 0.3 is 5.97 Å². The molecule has 0 aliphatic carbocycles. The van der Waals surface area contributed by atoms with Crippen LogP contribution in [0.3, 0.4) is 0 Å². The number of thioether (sulfide) groups is 1. The van der Waals surface area contributed by atoms with E-state index in [1.807, 2.05) is 13.2 Å². The predicted molar refractivity (Wildman–Crippen MR) is 72.8 cm³/mol. The summed E-state index contributed by atoms with van der Waals surface area (Å²) in [6.45, 7) is 1.99. The average Bonchev–Trinajstić information content (AvgIpc) is 2.67. The molecule has 1 aliphatic heterocycles. The molecule has 0 bridgehead atoms. The normalized spacial score (nSPS) is 17.5. The lowest BCUT2D eigenvalue weighted by Crippen LogP contribution is -2.09. The van der Waals surface area contributed by atoms with Crippen molar-refractivity contribution in [2.75, 3.05) is 19.1 Å². The van der Waals surface area contributed by atoms with Gasteiger partial charge in [-0.3, -0.25) is 0 Å². The molecule has 4 nitrogen and oxygen atoms in total. The number of cyclic esters (lactones) is 1. The van der Waals surface area contributed by atoms with Crippen LogP contribution in [-0.4, -0.2) is 37.0 Å². The molecule has 0 saturated heterocycles. The van der Waals surface area contributed by atoms with Gasteiger partial charge in [-0.25, -0.2) is 9.79 Å². The maximum Gasteiger partial charge on any atom is 0.345 e. The van der Waals surface area contributed by atoms with E-state index in [4.69, 9.17) is 9.47 Å². The highest BCUT2D eigenvalue weighted by molar-refractivity contribution is 7.98. The van der Waals surface area contributed by atoms with Crippen molar-refractivity contribution in [1.82, 2.24) is 0 Å². The van der Waals surface area contributed by atoms with Gasteiger partial charge in [-0.15, -0.1) is 0 Å². The molecule has 1 atom stereocenters. The van der Waals surface area contributed by atoms with Crippen LogP contribution in [0.2, 0.25) is 0 Å². The number of ether oxygens (including phenoxy) is 2. The summed E-state index contributed by atoms with van der Waals surface area (Å²) in [5, 5.41) is 0. The van der Waals surface area contributed by atoms with Crippen LogP contribution in [0.4, 0.5) is 0 Å². The second-order valence-corrected chi connectivity index (χ2v) is 4.92. The van der Waals surface area contributed by atoms with E-state index in [2.05, 4.69) is 4.99 Å². The minimum absolute atomic E-state index is 0.0960. The first kappa shape index (κ1) is 13.0. The number of hydrogen-bond donors (Lipinski definition) is 0. The van der Waals surface area contributed by atoms with E-state index in [0.717, 1.165) is 5.75 Å². The van der Waals surface area contributed by atoms with Crippen LogP contribution in [0.25, 0.3) is 0 Å². The first-order valence-electron chi connectivity index (χ1n) is 5.63. The molecule has 5 heteroatoms. The topological polar surface area (TPSA) is 47.9 Å². The van der Waals surface area contributed by atoms with Crippen molar-refractivity contribution in [1.29, 1.82) is 0 Å². The number of carbonyl (C=O) groups excluding carboxylic acids is 1. The number of benzene rings is 1. The van der Waals surface area contributed by atoms with E-state index in [9.17, 15) is 4.79 Å². The van der Waals surface area contributed by atoms with E-state index in [0.29, 0.717) is 22.8 Å². The molecule has 1 aromatic rings. The monoisotopic (exact) mass is 265 g/mol. The highest BCUT2D eigenvalue weighted by Gasteiger charge is 2.31. The molecule has 0 amide bonds. The van der Waals surface area contributed by atoms with Gasteiger partial charge in [0.25, 0.3) is 0 Å². The third kappa shape index (κ3) is 2.36. The highest BCUT2D eigenvalue weighted by atomic mass is 32.2. The summed E-state index contributed by atoms with van der Waals surface area (Å²) < 4.78 is 10.5. The van der Waals surface area contributed by atoms with Crippen LogP contribution in [0.5, 0.6) is 5.75 Å². The molecular formula is C13H15NO3S. The Kier molecular flexibility index (Phi) is 3.91. The standard InChI is InChI=1S/C13H15NO3S/c1-8(7-18-3)14-12-11-9(13(15)17-12)5-4-6-10(11)16-2/h4-6,8H,7H2,1-3H3/t8-/m0/s1. The predicted octanol–water partition coefficient (Wildman–Crippen LogP) is 2.36. The SMILES string of the molecule is COc1cccc2c1C(=N[C@@H](C)CSC)OC2=O. The van der Waals surface area contributed by atoms with E-state index in [1.54, 1.807) is 37.1 Å². The first-order valence-corrected chi connectivity index (χ1v) is 7.03. The molecule has 1 aliphatic rings. The second-order valence-electron chi connectivity index (χ2n) is 4.01. The Morgan fingerprint density at radius 3 is 2.94 bits per heavy atom. The molecule has 96 valence electrons. The number of hydrogen-bond acceptors (Lipinski definition) is 5. The fourth-order valence-electron chi connectivity index (χ4n) is 1.86. The number of rotatable bonds is 4. The van der Waals surface area contributed by atoms with Crippen molar-refractivity contribution in [2.45, 2.75) is 13.0 Å². The van der Waals surface area contributed by atoms with E-state index < -0.39 is 0 Å². The zero-order chi connectivity index (χ0) is 13.1. The van der Waals surface area contributed by atoms with Gasteiger partial charge in [-0.2, -0.15) is 11.8 Å². The van der Waals surface area contributed by atoms with Crippen LogP contribution in [0.1, 0.15) is 22.8 Å². The van der Waals surface area contributed by atoms with Gasteiger partial charge in [-0.05, 0) is 25.3 Å². The first-order chi connectivity index (χ1) is 8.67. The van der Waals surface area contributed by atoms with E-state index in [1.165, 1.54) is 0 Å². The Labute approximate surface area is 110 Å². The summed E-state index contributed by atoms with van der Waals surface area (Å²) in [5.41, 5.74) is 1.18. The van der Waals surface area contributed by atoms with E-state index in [-0.39, 0.29) is 12.0 Å². The largest absolute Gasteiger partial charge is 0.496 e. The van der Waals surface area contributed by atoms with Crippen LogP contribution in [0, 0.1) is 0 Å². The van der Waals surface area contributed by atoms with Crippen LogP contribution in [-0.2, 0) is 4.74 Å². The molecule has 0 saturated carbocycles. The molecule has 0 radical (unpaired) electrons. The zero-order valence-electron chi connectivity index (χ0n) is 10.6. The fourth-order valence-corrected chi connectivity index (χ4v) is 2.41. The van der Waals surface area contributed by atoms with Crippen LogP contribution < -0.4 is 4.74 Å². The van der Waals surface area contributed by atoms with Crippen LogP contribution >= 0.6 is 11.8 Å². The van der Waals surface area contributed by atoms with Crippen molar-refractivity contribution >= 4 is 23.6 Å². The fraction of sp³-hybridized carbons (Fsp3) is 0.385. The lowest BCUT2D eigenvalue weighted by Gasteiger charge is -2.07. The minimum atomic E-state index is -0.362. The van der Waals surface area contributed by atoms with Crippen molar-refractivity contribution < 1.29 is 14.3 Å². The number of nitrogens with zero attached hydrogens (tertiary/aromatic N) is 1. The van der Waals surface area contributed by atoms with Gasteiger partial charge < -0.3 is 9.47 Å². The Morgan fingerprint density at radius 2 is 2.28 bits per heavy atom. The van der Waals surface area contributed by atoms with Crippen molar-refractivity contribution in [3.63, 3.8) is 0 Å². The Balaban J connectivity index is 2.42. The number of aliphatic imine (C=N–C) groups is 1. The summed E-state index contributed by atoms with van der Waals surface area (Å²) in [6, 6.07) is 5.39. The Bertz CT molecular complexity index is 499. The van der Waals surface area contributed by atoms with Crippen molar-refractivity contribution in [3.05, 3.63) is 29.3 Å². The Hall–Kier alpha value is -1.49. The number of fused-ring (bicyclic) bond motifs is 1. The number of carbonyl (C=O) groups is 1. The molecule has 1 aromatic carbocycles. The number of methoxy groups -OCH3 is 1. The maximum absolute atomic E-state index is 11.7. The van der Waals surface area contributed by atoms with Gasteiger partial charge in [0, 0.05) is 5.75 Å². The molecule has 18 heavy (non-hydrogen) atoms. The van der Waals surface area contributed by atoms with E-state index >= 15 is 0 Å². The summed E-state index contributed by atoms with van der Waals surface area (Å²) in [6.07, 6.45) is 2.02. The molecule has 2 rings (SSSR count). The second kappa shape index (κ2) is 5.44. The summed E-state index contributed by atoms with van der Waals surface area (Å²) >= 11 is 1.71. The molecule has 1 heterocycles. The molecule has 0 N–H and O–H groups in total. The van der Waals surface area contributed by atoms with Crippen LogP contribution in [0.15, 0.2) is 23.2 Å². The van der Waals surface area contributed by atoms with Crippen molar-refractivity contribution in [2.24, 2.45) is 4.99 Å². The zero-order valence-corrected chi connectivity index (χ0v) is 11.4. The quantitative estimate of drug-likeness (QED) is 0.784. The Morgan fingerprint density at radius 1 is 1.50 bits per heavy atom. The van der Waals surface area contributed by atoms with Gasteiger partial charge in [0.1, 0.15) is 5.75 Å². The average molecular weight is 265 g/mol. The summed E-state index contributed by atoms with van der Waals surface area (Å²) in [7, 11) is 1.57. The lowest BCUT2D eigenvalue weighted by atomic mass is 10.1.